The molecule has 0 bridgehead atoms. The van der Waals surface area contributed by atoms with Crippen molar-refractivity contribution in [1.29, 1.82) is 0 Å². The van der Waals surface area contributed by atoms with E-state index in [2.05, 4.69) is 10.6 Å². The van der Waals surface area contributed by atoms with Gasteiger partial charge in [-0.3, -0.25) is 14.4 Å². The fourth-order valence-corrected chi connectivity index (χ4v) is 4.35. The third-order valence-corrected chi connectivity index (χ3v) is 7.02. The summed E-state index contributed by atoms with van der Waals surface area (Å²) in [5.74, 6) is -0.863. The number of thioether (sulfide) groups is 1. The lowest BCUT2D eigenvalue weighted by molar-refractivity contribution is 0.0946. The molecule has 32 heavy (non-hydrogen) atoms. The number of nitrogens with one attached hydrogen (secondary N) is 2. The zero-order valence-electron chi connectivity index (χ0n) is 17.0. The van der Waals surface area contributed by atoms with E-state index >= 15 is 0 Å². The van der Waals surface area contributed by atoms with E-state index in [-0.39, 0.29) is 23.4 Å². The minimum absolute atomic E-state index is 0.112. The Balaban J connectivity index is 1.73. The number of carbonyl (C=O) groups excluding carboxylic acids is 3. The van der Waals surface area contributed by atoms with Crippen molar-refractivity contribution in [2.75, 3.05) is 11.6 Å². The molecule has 0 spiro atoms. The second kappa shape index (κ2) is 11.4. The molecule has 0 fully saturated rings. The number of aldehydes is 1. The molecular weight excluding hydrogens is 484 g/mol. The van der Waals surface area contributed by atoms with Crippen LogP contribution in [0.25, 0.3) is 0 Å². The lowest BCUT2D eigenvalue weighted by Gasteiger charge is -2.13. The second-order valence-electron chi connectivity index (χ2n) is 6.70. The molecule has 0 saturated heterocycles. The number of anilines is 1. The predicted molar refractivity (Wildman–Crippen MR) is 137 cm³/mol. The topological polar surface area (TPSA) is 75.3 Å². The van der Waals surface area contributed by atoms with E-state index in [0.717, 1.165) is 26.7 Å². The largest absolute Gasteiger partial charge is 0.348 e. The van der Waals surface area contributed by atoms with Crippen LogP contribution in [0.1, 0.15) is 41.5 Å². The van der Waals surface area contributed by atoms with Gasteiger partial charge in [0, 0.05) is 18.5 Å². The van der Waals surface area contributed by atoms with Crippen molar-refractivity contribution in [3.05, 3.63) is 86.1 Å². The maximum Gasteiger partial charge on any atom is 0.265 e. The van der Waals surface area contributed by atoms with Crippen molar-refractivity contribution in [1.82, 2.24) is 5.32 Å². The van der Waals surface area contributed by atoms with Crippen LogP contribution in [0.3, 0.4) is 0 Å². The van der Waals surface area contributed by atoms with Gasteiger partial charge in [0.05, 0.1) is 24.7 Å². The highest BCUT2D eigenvalue weighted by Crippen LogP contribution is 2.24. The third-order valence-electron chi connectivity index (χ3n) is 4.55. The third kappa shape index (κ3) is 6.26. The molecule has 0 saturated carbocycles. The summed E-state index contributed by atoms with van der Waals surface area (Å²) >= 11 is 13.8. The Bertz CT molecular complexity index is 1160. The normalized spacial score (nSPS) is 10.4. The van der Waals surface area contributed by atoms with Crippen molar-refractivity contribution in [2.24, 2.45) is 0 Å². The highest BCUT2D eigenvalue weighted by Gasteiger charge is 2.19. The molecule has 1 aromatic heterocycles. The van der Waals surface area contributed by atoms with Crippen molar-refractivity contribution in [3.63, 3.8) is 0 Å². The number of rotatable bonds is 8. The maximum atomic E-state index is 12.9. The van der Waals surface area contributed by atoms with Gasteiger partial charge in [-0.1, -0.05) is 60.2 Å². The number of hydrogen-bond acceptors (Lipinski definition) is 6. The first-order valence-corrected chi connectivity index (χ1v) is 12.3. The van der Waals surface area contributed by atoms with Crippen molar-refractivity contribution in [3.8, 4) is 0 Å². The minimum atomic E-state index is -0.458. The molecule has 0 aliphatic carbocycles. The van der Waals surface area contributed by atoms with Crippen LogP contribution in [0.4, 0.5) is 5.69 Å². The van der Waals surface area contributed by atoms with E-state index in [1.54, 1.807) is 36.0 Å². The van der Waals surface area contributed by atoms with E-state index in [1.165, 1.54) is 6.07 Å². The molecule has 164 valence electrons. The highest BCUT2D eigenvalue weighted by atomic mass is 35.5. The van der Waals surface area contributed by atoms with Gasteiger partial charge in [-0.05, 0) is 35.6 Å². The SMILES string of the molecule is CSC(=S)Cc1ccc(CNC(=O)c2c(C=O)cccc2NC(=O)c2ccc(Cl)s2)cc1. The molecule has 3 rings (SSSR count). The first-order chi connectivity index (χ1) is 15.4. The number of thiophene rings is 1. The number of halogens is 1. The lowest BCUT2D eigenvalue weighted by Crippen LogP contribution is -2.26. The van der Waals surface area contributed by atoms with E-state index in [0.29, 0.717) is 21.9 Å². The quantitative estimate of drug-likeness (QED) is 0.308. The summed E-state index contributed by atoms with van der Waals surface area (Å²) in [6.45, 7) is 0.271. The molecule has 9 heteroatoms. The summed E-state index contributed by atoms with van der Waals surface area (Å²) in [4.78, 5) is 37.4. The van der Waals surface area contributed by atoms with Crippen LogP contribution in [0.5, 0.6) is 0 Å². The molecule has 3 aromatic rings. The van der Waals surface area contributed by atoms with E-state index in [1.807, 2.05) is 30.5 Å². The molecule has 2 N–H and O–H groups in total. The molecule has 2 aromatic carbocycles. The van der Waals surface area contributed by atoms with Crippen LogP contribution in [0, 0.1) is 0 Å². The molecule has 0 atom stereocenters. The Kier molecular flexibility index (Phi) is 8.58. The van der Waals surface area contributed by atoms with Gasteiger partial charge in [-0.2, -0.15) is 0 Å². The number of carbonyl (C=O) groups is 3. The Morgan fingerprint density at radius 2 is 1.78 bits per heavy atom. The molecule has 5 nitrogen and oxygen atoms in total. The maximum absolute atomic E-state index is 12.9. The van der Waals surface area contributed by atoms with Gasteiger partial charge in [0.1, 0.15) is 0 Å². The van der Waals surface area contributed by atoms with E-state index in [9.17, 15) is 14.4 Å². The monoisotopic (exact) mass is 502 g/mol. The van der Waals surface area contributed by atoms with Gasteiger partial charge < -0.3 is 10.6 Å². The van der Waals surface area contributed by atoms with E-state index < -0.39 is 11.8 Å². The average Bonchev–Trinajstić information content (AvgIpc) is 3.24. The number of amides is 2. The number of benzene rings is 2. The summed E-state index contributed by atoms with van der Waals surface area (Å²) in [5, 5.41) is 5.53. The Morgan fingerprint density at radius 3 is 2.41 bits per heavy atom. The van der Waals surface area contributed by atoms with E-state index in [4.69, 9.17) is 23.8 Å². The summed E-state index contributed by atoms with van der Waals surface area (Å²) in [6.07, 6.45) is 3.26. The van der Waals surface area contributed by atoms with Gasteiger partial charge in [-0.25, -0.2) is 0 Å². The Morgan fingerprint density at radius 1 is 1.06 bits per heavy atom. The molecule has 0 unspecified atom stereocenters. The summed E-state index contributed by atoms with van der Waals surface area (Å²) in [7, 11) is 0. The van der Waals surface area contributed by atoms with Gasteiger partial charge in [0.25, 0.3) is 11.8 Å². The molecule has 2 amide bonds. The Labute approximate surface area is 204 Å². The van der Waals surface area contributed by atoms with Crippen molar-refractivity contribution in [2.45, 2.75) is 13.0 Å². The Hall–Kier alpha value is -2.52. The van der Waals surface area contributed by atoms with Crippen LogP contribution in [0.15, 0.2) is 54.6 Å². The van der Waals surface area contributed by atoms with Gasteiger partial charge in [0.2, 0.25) is 0 Å². The van der Waals surface area contributed by atoms with Crippen LogP contribution >= 0.6 is 46.9 Å². The smallest absolute Gasteiger partial charge is 0.265 e. The molecule has 1 heterocycles. The fourth-order valence-electron chi connectivity index (χ4n) is 2.93. The number of thiocarbonyl (C=S) groups is 1. The standard InChI is InChI=1S/C23H19ClN2O3S3/c1-31-20(30)11-14-5-7-15(8-6-14)12-25-23(29)21-16(13-27)3-2-4-17(21)26-22(28)18-9-10-19(24)32-18/h2-10,13H,11-12H2,1H3,(H,25,29)(H,26,28). The molecule has 0 aliphatic heterocycles. The van der Waals surface area contributed by atoms with Crippen LogP contribution in [0.2, 0.25) is 4.34 Å². The highest BCUT2D eigenvalue weighted by molar-refractivity contribution is 8.22. The van der Waals surface area contributed by atoms with Gasteiger partial charge in [0.15, 0.2) is 6.29 Å². The fraction of sp³-hybridized carbons (Fsp3) is 0.130. The van der Waals surface area contributed by atoms with Gasteiger partial charge in [-0.15, -0.1) is 23.1 Å². The van der Waals surface area contributed by atoms with Crippen LogP contribution < -0.4 is 10.6 Å². The first kappa shape index (κ1) is 24.1. The predicted octanol–water partition coefficient (Wildman–Crippen LogP) is 5.63. The van der Waals surface area contributed by atoms with Gasteiger partial charge >= 0.3 is 0 Å². The summed E-state index contributed by atoms with van der Waals surface area (Å²) < 4.78 is 1.40. The summed E-state index contributed by atoms with van der Waals surface area (Å²) in [6, 6.07) is 15.7. The molecule has 0 radical (unpaired) electrons. The van der Waals surface area contributed by atoms with Crippen LogP contribution in [-0.4, -0.2) is 28.6 Å². The lowest BCUT2D eigenvalue weighted by atomic mass is 10.0. The molecule has 0 aliphatic rings. The van der Waals surface area contributed by atoms with Crippen molar-refractivity contribution >= 4 is 74.9 Å². The first-order valence-electron chi connectivity index (χ1n) is 9.49. The summed E-state index contributed by atoms with van der Waals surface area (Å²) in [5.41, 5.74) is 2.55. The zero-order chi connectivity index (χ0) is 23.1. The number of hydrogen-bond donors (Lipinski definition) is 2. The minimum Gasteiger partial charge on any atom is -0.348 e. The van der Waals surface area contributed by atoms with Crippen LogP contribution in [-0.2, 0) is 13.0 Å². The zero-order valence-corrected chi connectivity index (χ0v) is 20.2. The molecular formula is C23H19ClN2O3S3. The average molecular weight is 503 g/mol. The van der Waals surface area contributed by atoms with Crippen molar-refractivity contribution < 1.29 is 14.4 Å². The second-order valence-corrected chi connectivity index (χ2v) is 10.1.